The summed E-state index contributed by atoms with van der Waals surface area (Å²) >= 11 is 0. The maximum Gasteiger partial charge on any atom is 0.328 e. The van der Waals surface area contributed by atoms with E-state index in [1.807, 2.05) is 30.5 Å². The van der Waals surface area contributed by atoms with Gasteiger partial charge in [-0.2, -0.15) is 0 Å². The number of hydrogen-bond acceptors (Lipinski definition) is 4. The van der Waals surface area contributed by atoms with Crippen LogP contribution >= 0.6 is 0 Å². The van der Waals surface area contributed by atoms with Gasteiger partial charge in [-0.3, -0.25) is 4.79 Å². The third-order valence-corrected chi connectivity index (χ3v) is 3.98. The van der Waals surface area contributed by atoms with E-state index in [0.717, 1.165) is 16.5 Å². The van der Waals surface area contributed by atoms with Crippen LogP contribution in [0.1, 0.15) is 11.3 Å². The highest BCUT2D eigenvalue weighted by molar-refractivity contribution is 6.18. The van der Waals surface area contributed by atoms with Crippen molar-refractivity contribution in [2.24, 2.45) is 0 Å². The first-order valence-corrected chi connectivity index (χ1v) is 7.76. The van der Waals surface area contributed by atoms with Gasteiger partial charge < -0.3 is 19.5 Å². The van der Waals surface area contributed by atoms with Gasteiger partial charge in [-0.15, -0.1) is 0 Å². The van der Waals surface area contributed by atoms with Crippen molar-refractivity contribution < 1.29 is 18.7 Å². The van der Waals surface area contributed by atoms with Crippen molar-refractivity contribution in [1.82, 2.24) is 10.3 Å². The van der Waals surface area contributed by atoms with Crippen LogP contribution in [0.4, 0.5) is 0 Å². The van der Waals surface area contributed by atoms with E-state index < -0.39 is 17.9 Å². The summed E-state index contributed by atoms with van der Waals surface area (Å²) in [5.41, 5.74) is 2.03. The summed E-state index contributed by atoms with van der Waals surface area (Å²) in [6.45, 7) is 3.72. The quantitative estimate of drug-likeness (QED) is 0.534. The smallest absolute Gasteiger partial charge is 0.328 e. The molecule has 3 rings (SSSR count). The van der Waals surface area contributed by atoms with E-state index in [-0.39, 0.29) is 5.57 Å². The lowest BCUT2D eigenvalue weighted by Gasteiger charge is -2.16. The van der Waals surface area contributed by atoms with E-state index in [2.05, 4.69) is 16.9 Å². The van der Waals surface area contributed by atoms with Crippen molar-refractivity contribution in [2.45, 2.75) is 12.5 Å². The maximum atomic E-state index is 12.4. The normalized spacial score (nSPS) is 11.9. The molecule has 0 spiro atoms. The third kappa shape index (κ3) is 3.47. The minimum absolute atomic E-state index is 0.151. The van der Waals surface area contributed by atoms with Crippen LogP contribution in [-0.4, -0.2) is 30.0 Å². The summed E-state index contributed by atoms with van der Waals surface area (Å²) < 4.78 is 9.99. The fraction of sp³-hybridized carbons (Fsp3) is 0.158. The molecule has 3 aromatic rings. The lowest BCUT2D eigenvalue weighted by molar-refractivity contribution is -0.144. The first kappa shape index (κ1) is 16.6. The molecule has 2 heterocycles. The van der Waals surface area contributed by atoms with Gasteiger partial charge >= 0.3 is 5.97 Å². The highest BCUT2D eigenvalue weighted by atomic mass is 16.5. The van der Waals surface area contributed by atoms with Gasteiger partial charge in [-0.05, 0) is 23.8 Å². The Bertz CT molecular complexity index is 909. The molecular formula is C19H18N2O4. The molecule has 25 heavy (non-hydrogen) atoms. The molecule has 6 heteroatoms. The zero-order valence-electron chi connectivity index (χ0n) is 13.7. The number of fused-ring (bicyclic) bond motifs is 1. The molecule has 0 aliphatic heterocycles. The number of carbonyl (C=O) groups excluding carboxylic acids is 2. The fourth-order valence-corrected chi connectivity index (χ4v) is 2.66. The molecule has 0 radical (unpaired) electrons. The van der Waals surface area contributed by atoms with Gasteiger partial charge in [0.1, 0.15) is 11.8 Å². The molecule has 0 fully saturated rings. The number of ether oxygens (including phenoxy) is 1. The number of carbonyl (C=O) groups is 2. The molecule has 0 saturated carbocycles. The Morgan fingerprint density at radius 2 is 2.08 bits per heavy atom. The second kappa shape index (κ2) is 7.09. The molecule has 1 aromatic carbocycles. The van der Waals surface area contributed by atoms with Crippen LogP contribution in [-0.2, 0) is 20.7 Å². The average molecular weight is 338 g/mol. The largest absolute Gasteiger partial charge is 0.467 e. The van der Waals surface area contributed by atoms with E-state index in [1.165, 1.54) is 13.4 Å². The van der Waals surface area contributed by atoms with Crippen LogP contribution in [0.15, 0.2) is 59.9 Å². The molecule has 0 aliphatic rings. The minimum Gasteiger partial charge on any atom is -0.467 e. The number of aromatic nitrogens is 1. The van der Waals surface area contributed by atoms with Gasteiger partial charge in [0.2, 0.25) is 0 Å². The highest BCUT2D eigenvalue weighted by Crippen LogP contribution is 2.20. The monoisotopic (exact) mass is 338 g/mol. The number of para-hydroxylation sites is 1. The van der Waals surface area contributed by atoms with E-state index in [4.69, 9.17) is 9.15 Å². The summed E-state index contributed by atoms with van der Waals surface area (Å²) in [5, 5.41) is 3.67. The molecule has 6 nitrogen and oxygen atoms in total. The van der Waals surface area contributed by atoms with E-state index in [0.29, 0.717) is 12.2 Å². The number of methoxy groups -OCH3 is 1. The van der Waals surface area contributed by atoms with Gasteiger partial charge in [-0.1, -0.05) is 24.8 Å². The summed E-state index contributed by atoms with van der Waals surface area (Å²) in [6, 6.07) is 10.2. The average Bonchev–Trinajstić information content (AvgIpc) is 3.30. The molecule has 0 unspecified atom stereocenters. The zero-order valence-corrected chi connectivity index (χ0v) is 13.7. The number of amides is 1. The summed E-state index contributed by atoms with van der Waals surface area (Å²) in [7, 11) is 1.29. The van der Waals surface area contributed by atoms with Crippen molar-refractivity contribution >= 4 is 28.4 Å². The van der Waals surface area contributed by atoms with Crippen LogP contribution in [0.3, 0.4) is 0 Å². The van der Waals surface area contributed by atoms with Gasteiger partial charge in [0, 0.05) is 23.5 Å². The molecule has 0 bridgehead atoms. The Hall–Kier alpha value is -3.28. The first-order valence-electron chi connectivity index (χ1n) is 7.76. The van der Waals surface area contributed by atoms with Crippen molar-refractivity contribution in [3.63, 3.8) is 0 Å². The number of aromatic amines is 1. The van der Waals surface area contributed by atoms with E-state index >= 15 is 0 Å². The first-order chi connectivity index (χ1) is 12.1. The number of nitrogens with one attached hydrogen (secondary N) is 2. The highest BCUT2D eigenvalue weighted by Gasteiger charge is 2.25. The van der Waals surface area contributed by atoms with Crippen LogP contribution in [0.5, 0.6) is 0 Å². The van der Waals surface area contributed by atoms with Crippen molar-refractivity contribution in [3.05, 3.63) is 66.8 Å². The molecule has 2 N–H and O–H groups in total. The fourth-order valence-electron chi connectivity index (χ4n) is 2.66. The van der Waals surface area contributed by atoms with Gasteiger partial charge in [0.05, 0.1) is 18.9 Å². The van der Waals surface area contributed by atoms with Gasteiger partial charge in [-0.25, -0.2) is 4.79 Å². The summed E-state index contributed by atoms with van der Waals surface area (Å²) in [5.74, 6) is -0.649. The third-order valence-electron chi connectivity index (χ3n) is 3.98. The molecule has 0 aliphatic carbocycles. The molecule has 1 amide bonds. The number of hydrogen-bond donors (Lipinski definition) is 2. The maximum absolute atomic E-state index is 12.4. The molecule has 128 valence electrons. The van der Waals surface area contributed by atoms with Crippen molar-refractivity contribution in [1.29, 1.82) is 0 Å². The number of esters is 1. The lowest BCUT2D eigenvalue weighted by atomic mass is 10.0. The number of benzene rings is 1. The Morgan fingerprint density at radius 1 is 1.28 bits per heavy atom. The van der Waals surface area contributed by atoms with Crippen LogP contribution < -0.4 is 5.32 Å². The Balaban J connectivity index is 1.79. The van der Waals surface area contributed by atoms with E-state index in [9.17, 15) is 9.59 Å². The van der Waals surface area contributed by atoms with Crippen LogP contribution in [0, 0.1) is 0 Å². The Labute approximate surface area is 144 Å². The molecule has 0 saturated heterocycles. The predicted octanol–water partition coefficient (Wildman–Crippen LogP) is 2.67. The van der Waals surface area contributed by atoms with Crippen LogP contribution in [0.2, 0.25) is 0 Å². The SMILES string of the molecule is C=C(C(=O)N[C@@H](Cc1c[nH]c2ccccc12)C(=O)OC)c1ccco1. The summed E-state index contributed by atoms with van der Waals surface area (Å²) in [4.78, 5) is 27.6. The van der Waals surface area contributed by atoms with E-state index in [1.54, 1.807) is 12.1 Å². The zero-order chi connectivity index (χ0) is 17.8. The van der Waals surface area contributed by atoms with Crippen LogP contribution in [0.25, 0.3) is 16.5 Å². The second-order valence-electron chi connectivity index (χ2n) is 5.57. The minimum atomic E-state index is -0.830. The number of H-pyrrole nitrogens is 1. The Morgan fingerprint density at radius 3 is 2.80 bits per heavy atom. The second-order valence-corrected chi connectivity index (χ2v) is 5.57. The standard InChI is InChI=1S/C19H18N2O4/c1-12(17-8-5-9-25-17)18(22)21-16(19(23)24-2)10-13-11-20-15-7-4-3-6-14(13)15/h3-9,11,16,20H,1,10H2,2H3,(H,21,22)/t16-/m0/s1. The van der Waals surface area contributed by atoms with Gasteiger partial charge in [0.25, 0.3) is 5.91 Å². The predicted molar refractivity (Wildman–Crippen MR) is 93.7 cm³/mol. The Kier molecular flexibility index (Phi) is 4.70. The lowest BCUT2D eigenvalue weighted by Crippen LogP contribution is -2.43. The van der Waals surface area contributed by atoms with Gasteiger partial charge in [0.15, 0.2) is 0 Å². The van der Waals surface area contributed by atoms with Crippen molar-refractivity contribution in [2.75, 3.05) is 7.11 Å². The summed E-state index contributed by atoms with van der Waals surface area (Å²) in [6.07, 6.45) is 3.58. The molecule has 2 aromatic heterocycles. The topological polar surface area (TPSA) is 84.3 Å². The molecule has 1 atom stereocenters. The van der Waals surface area contributed by atoms with Crippen molar-refractivity contribution in [3.8, 4) is 0 Å². The number of furan rings is 1. The molecular weight excluding hydrogens is 320 g/mol. The number of rotatable bonds is 6.